The summed E-state index contributed by atoms with van der Waals surface area (Å²) in [6.45, 7) is 3.66. The minimum absolute atomic E-state index is 0. The molecule has 1 aliphatic heterocycles. The topological polar surface area (TPSA) is 114 Å². The van der Waals surface area contributed by atoms with E-state index in [1.54, 1.807) is 11.0 Å². The Morgan fingerprint density at radius 3 is 2.72 bits per heavy atom. The fraction of sp³-hybridized carbons (Fsp3) is 0.381. The summed E-state index contributed by atoms with van der Waals surface area (Å²) >= 11 is 0. The maximum Gasteiger partial charge on any atom is 0.280 e. The minimum atomic E-state index is -0.516. The van der Waals surface area contributed by atoms with Crippen molar-refractivity contribution < 1.29 is 15.4 Å². The van der Waals surface area contributed by atoms with Gasteiger partial charge in [-0.25, -0.2) is 9.37 Å². The van der Waals surface area contributed by atoms with Gasteiger partial charge < -0.3 is 20.1 Å². The first kappa shape index (κ1) is 20.2. The van der Waals surface area contributed by atoms with Gasteiger partial charge in [0.2, 0.25) is 5.91 Å². The fourth-order valence-corrected chi connectivity index (χ4v) is 3.84. The molecule has 11 heteroatoms. The van der Waals surface area contributed by atoms with Crippen molar-refractivity contribution in [1.82, 2.24) is 24.1 Å². The molecule has 1 fully saturated rings. The van der Waals surface area contributed by atoms with Crippen LogP contribution < -0.4 is 16.2 Å². The second kappa shape index (κ2) is 7.43. The number of aromatic nitrogens is 4. The second-order valence-electron chi connectivity index (χ2n) is 8.37. The molecule has 0 radical (unpaired) electrons. The van der Waals surface area contributed by atoms with Crippen LogP contribution in [0.1, 0.15) is 44.2 Å². The van der Waals surface area contributed by atoms with Crippen LogP contribution in [-0.4, -0.2) is 48.0 Å². The van der Waals surface area contributed by atoms with Gasteiger partial charge in [0.25, 0.3) is 11.5 Å². The number of pyridine rings is 1. The molecule has 4 heterocycles. The Morgan fingerprint density at radius 2 is 2.06 bits per heavy atom. The third-order valence-corrected chi connectivity index (χ3v) is 5.61. The van der Waals surface area contributed by atoms with Gasteiger partial charge >= 0.3 is 0 Å². The highest BCUT2D eigenvalue weighted by atomic mass is 19.1. The van der Waals surface area contributed by atoms with Gasteiger partial charge in [-0.05, 0) is 38.8 Å². The van der Waals surface area contributed by atoms with Crippen molar-refractivity contribution in [2.75, 3.05) is 10.6 Å². The number of nitrogens with zero attached hydrogens (tertiary/aromatic N) is 5. The van der Waals surface area contributed by atoms with Crippen molar-refractivity contribution in [3.05, 3.63) is 51.8 Å². The lowest BCUT2D eigenvalue weighted by atomic mass is 10.2. The van der Waals surface area contributed by atoms with Gasteiger partial charge in [0.05, 0.1) is 18.3 Å². The van der Waals surface area contributed by atoms with Crippen molar-refractivity contribution in [3.8, 4) is 0 Å². The number of rotatable bonds is 6. The Labute approximate surface area is 183 Å². The lowest BCUT2D eigenvalue weighted by Crippen LogP contribution is -2.32. The van der Waals surface area contributed by atoms with Gasteiger partial charge in [0.15, 0.2) is 5.82 Å². The molecule has 5 rings (SSSR count). The zero-order chi connectivity index (χ0) is 22.6. The summed E-state index contributed by atoms with van der Waals surface area (Å²) in [5, 5.41) is 10.2. The van der Waals surface area contributed by atoms with Crippen molar-refractivity contribution in [1.29, 1.82) is 0 Å². The van der Waals surface area contributed by atoms with Crippen LogP contribution in [0.4, 0.5) is 16.0 Å². The molecule has 0 bridgehead atoms. The third kappa shape index (κ3) is 3.49. The highest BCUT2D eigenvalue weighted by Gasteiger charge is 2.36. The number of carbonyl (C=O) groups excluding carboxylic acids is 2. The summed E-state index contributed by atoms with van der Waals surface area (Å²) in [4.78, 5) is 44.5. The van der Waals surface area contributed by atoms with E-state index in [0.717, 1.165) is 19.0 Å². The van der Waals surface area contributed by atoms with Crippen LogP contribution in [0, 0.1) is 5.82 Å². The standard InChI is InChI=1S/C21H22FN7O3.H2/c1-11(2)27-9-14-19(21(27)32)28(10-17(30)25-15-6-3-12(22)8-23-15)18-7-16(24-13-4-5-13)26-29(18)20(14)31;/h3,6-8,11,13H,4-5,9-10H2,1-2H3,(H,24,26)(H,23,25,30);1H. The van der Waals surface area contributed by atoms with Crippen molar-refractivity contribution >= 4 is 29.1 Å². The van der Waals surface area contributed by atoms with Crippen molar-refractivity contribution in [2.45, 2.75) is 51.9 Å². The molecule has 32 heavy (non-hydrogen) atoms. The summed E-state index contributed by atoms with van der Waals surface area (Å²) in [5.41, 5.74) is 0.478. The number of hydrogen-bond donors (Lipinski definition) is 2. The number of halogens is 1. The minimum Gasteiger partial charge on any atom is -0.366 e. The molecule has 168 valence electrons. The summed E-state index contributed by atoms with van der Waals surface area (Å²) < 4.78 is 15.9. The summed E-state index contributed by atoms with van der Waals surface area (Å²) in [7, 11) is 0. The first-order valence-electron chi connectivity index (χ1n) is 10.5. The predicted molar refractivity (Wildman–Crippen MR) is 116 cm³/mol. The highest BCUT2D eigenvalue weighted by Crippen LogP contribution is 2.27. The van der Waals surface area contributed by atoms with E-state index in [9.17, 15) is 18.8 Å². The second-order valence-corrected chi connectivity index (χ2v) is 8.37. The molecule has 10 nitrogen and oxygen atoms in total. The first-order valence-corrected chi connectivity index (χ1v) is 10.5. The van der Waals surface area contributed by atoms with Gasteiger partial charge in [-0.15, -0.1) is 5.10 Å². The molecule has 0 aromatic carbocycles. The van der Waals surface area contributed by atoms with Crippen LogP contribution in [0.5, 0.6) is 0 Å². The SMILES string of the molecule is CC(C)N1Cc2c(n(CC(=O)Nc3ccc(F)cn3)c3cc(NC4CC4)nn3c2=O)C1=O.[HH]. The third-order valence-electron chi connectivity index (χ3n) is 5.61. The molecule has 2 amide bonds. The molecular formula is C21H24FN7O3. The molecule has 3 aromatic heterocycles. The lowest BCUT2D eigenvalue weighted by Gasteiger charge is -2.20. The number of hydrogen-bond acceptors (Lipinski definition) is 6. The van der Waals surface area contributed by atoms with E-state index < -0.39 is 11.7 Å². The van der Waals surface area contributed by atoms with E-state index in [1.165, 1.54) is 21.2 Å². The molecule has 0 atom stereocenters. The Balaban J connectivity index is 0.00000259. The first-order chi connectivity index (χ1) is 15.3. The summed E-state index contributed by atoms with van der Waals surface area (Å²) in [5.74, 6) is -0.580. The van der Waals surface area contributed by atoms with E-state index in [-0.39, 0.29) is 43.5 Å². The molecule has 2 aliphatic rings. The van der Waals surface area contributed by atoms with E-state index in [2.05, 4.69) is 20.7 Å². The maximum atomic E-state index is 13.2. The molecule has 0 spiro atoms. The van der Waals surface area contributed by atoms with Crippen LogP contribution in [0.3, 0.4) is 0 Å². The van der Waals surface area contributed by atoms with Crippen LogP contribution in [0.25, 0.3) is 5.65 Å². The summed E-state index contributed by atoms with van der Waals surface area (Å²) in [6.07, 6.45) is 3.06. The summed E-state index contributed by atoms with van der Waals surface area (Å²) in [6, 6.07) is 4.42. The van der Waals surface area contributed by atoms with Gasteiger partial charge in [0, 0.05) is 19.6 Å². The largest absolute Gasteiger partial charge is 0.366 e. The van der Waals surface area contributed by atoms with E-state index >= 15 is 0 Å². The number of fused-ring (bicyclic) bond motifs is 2. The number of carbonyl (C=O) groups is 2. The number of anilines is 2. The van der Waals surface area contributed by atoms with Crippen LogP contribution in [-0.2, 0) is 17.9 Å². The number of amides is 2. The average Bonchev–Trinajstić information content (AvgIpc) is 3.34. The quantitative estimate of drug-likeness (QED) is 0.604. The Kier molecular flexibility index (Phi) is 4.68. The van der Waals surface area contributed by atoms with E-state index in [4.69, 9.17) is 0 Å². The molecule has 1 aliphatic carbocycles. The van der Waals surface area contributed by atoms with Crippen molar-refractivity contribution in [3.63, 3.8) is 0 Å². The van der Waals surface area contributed by atoms with Gasteiger partial charge in [-0.3, -0.25) is 14.4 Å². The zero-order valence-electron chi connectivity index (χ0n) is 17.6. The monoisotopic (exact) mass is 441 g/mol. The Hall–Kier alpha value is -3.76. The van der Waals surface area contributed by atoms with Crippen LogP contribution >= 0.6 is 0 Å². The Bertz CT molecular complexity index is 1300. The average molecular weight is 441 g/mol. The molecule has 1 saturated carbocycles. The number of nitrogens with one attached hydrogen (secondary N) is 2. The van der Waals surface area contributed by atoms with Crippen molar-refractivity contribution in [2.24, 2.45) is 0 Å². The van der Waals surface area contributed by atoms with E-state index in [1.807, 2.05) is 13.8 Å². The highest BCUT2D eigenvalue weighted by molar-refractivity contribution is 5.98. The van der Waals surface area contributed by atoms with Gasteiger partial charge in [-0.2, -0.15) is 4.52 Å². The van der Waals surface area contributed by atoms with Gasteiger partial charge in [-0.1, -0.05) is 0 Å². The zero-order valence-corrected chi connectivity index (χ0v) is 17.6. The lowest BCUT2D eigenvalue weighted by molar-refractivity contribution is -0.116. The molecule has 3 aromatic rings. The Morgan fingerprint density at radius 1 is 1.28 bits per heavy atom. The molecular weight excluding hydrogens is 417 g/mol. The van der Waals surface area contributed by atoms with Gasteiger partial charge in [0.1, 0.15) is 29.5 Å². The fourth-order valence-electron chi connectivity index (χ4n) is 3.84. The maximum absolute atomic E-state index is 13.2. The van der Waals surface area contributed by atoms with Crippen LogP contribution in [0.15, 0.2) is 29.2 Å². The van der Waals surface area contributed by atoms with Crippen LogP contribution in [0.2, 0.25) is 0 Å². The molecule has 0 unspecified atom stereocenters. The normalized spacial score (nSPS) is 15.5. The smallest absolute Gasteiger partial charge is 0.280 e. The molecule has 2 N–H and O–H groups in total. The van der Waals surface area contributed by atoms with E-state index in [0.29, 0.717) is 23.1 Å². The predicted octanol–water partition coefficient (Wildman–Crippen LogP) is 1.85. The molecule has 0 saturated heterocycles.